The molecule has 1 fully saturated rings. The van der Waals surface area contributed by atoms with Crippen LogP contribution >= 0.6 is 0 Å². The molecule has 4 heterocycles. The first-order valence-electron chi connectivity index (χ1n) is 10.8. The Hall–Kier alpha value is -3.89. The number of fused-ring (bicyclic) bond motifs is 5. The van der Waals surface area contributed by atoms with Gasteiger partial charge in [0.1, 0.15) is 6.33 Å². The van der Waals surface area contributed by atoms with E-state index in [0.717, 1.165) is 60.4 Å². The minimum atomic E-state index is 0.652. The third kappa shape index (κ3) is 3.00. The van der Waals surface area contributed by atoms with E-state index in [1.807, 2.05) is 31.3 Å². The molecule has 2 aliphatic heterocycles. The molecule has 2 aromatic heterocycles. The molecule has 0 atom stereocenters. The van der Waals surface area contributed by atoms with Gasteiger partial charge in [0.15, 0.2) is 11.5 Å². The Bertz CT molecular complexity index is 1330. The van der Waals surface area contributed by atoms with Crippen molar-refractivity contribution >= 4 is 11.4 Å². The van der Waals surface area contributed by atoms with Gasteiger partial charge in [0.2, 0.25) is 0 Å². The van der Waals surface area contributed by atoms with Gasteiger partial charge in [0, 0.05) is 49.5 Å². The van der Waals surface area contributed by atoms with Gasteiger partial charge in [0.05, 0.1) is 18.0 Å². The molecule has 7 nitrogen and oxygen atoms in total. The molecule has 1 N–H and O–H groups in total. The van der Waals surface area contributed by atoms with Crippen LogP contribution < -0.4 is 10.2 Å². The topological polar surface area (TPSA) is 55.3 Å². The Balaban J connectivity index is 1.38. The molecule has 0 radical (unpaired) electrons. The molecule has 158 valence electrons. The van der Waals surface area contributed by atoms with E-state index in [1.54, 1.807) is 6.33 Å². The number of benzene rings is 2. The Morgan fingerprint density at radius 1 is 1.09 bits per heavy atom. The number of nitrogens with one attached hydrogen (secondary N) is 1. The summed E-state index contributed by atoms with van der Waals surface area (Å²) in [6.07, 6.45) is 3.98. The van der Waals surface area contributed by atoms with Crippen molar-refractivity contribution in [3.05, 3.63) is 78.0 Å². The second-order valence-corrected chi connectivity index (χ2v) is 8.57. The van der Waals surface area contributed by atoms with Crippen molar-refractivity contribution in [1.82, 2.24) is 24.6 Å². The molecule has 0 aliphatic carbocycles. The molecule has 0 amide bonds. The second-order valence-electron chi connectivity index (χ2n) is 8.57. The Kier molecular flexibility index (Phi) is 4.33. The monoisotopic (exact) mass is 421 g/mol. The number of nitrogens with zero attached hydrogens (tertiary/aromatic N) is 6. The van der Waals surface area contributed by atoms with E-state index in [1.165, 1.54) is 11.3 Å². The fourth-order valence-corrected chi connectivity index (χ4v) is 4.81. The summed E-state index contributed by atoms with van der Waals surface area (Å²) in [5.41, 5.74) is 7.56. The molecule has 0 saturated carbocycles. The lowest BCUT2D eigenvalue weighted by molar-refractivity contribution is 0.397. The summed E-state index contributed by atoms with van der Waals surface area (Å²) in [6, 6.07) is 16.6. The number of anilines is 1. The Labute approximate surface area is 186 Å². The fourth-order valence-electron chi connectivity index (χ4n) is 4.81. The SMILES string of the molecule is [C-]#[N+]c1ccc(-c2cc3n(c2)Cc2cc(N4CC(CNC)C4)ccc2-n2cnnc2-3)cc1. The number of hydrogen-bond donors (Lipinski definition) is 1. The van der Waals surface area contributed by atoms with Gasteiger partial charge in [-0.15, -0.1) is 10.2 Å². The quantitative estimate of drug-likeness (QED) is 0.446. The lowest BCUT2D eigenvalue weighted by Crippen LogP contribution is -2.50. The largest absolute Gasteiger partial charge is 0.371 e. The van der Waals surface area contributed by atoms with Crippen LogP contribution in [0.25, 0.3) is 33.2 Å². The summed E-state index contributed by atoms with van der Waals surface area (Å²) in [6.45, 7) is 11.2. The van der Waals surface area contributed by atoms with Crippen molar-refractivity contribution in [2.45, 2.75) is 6.54 Å². The maximum absolute atomic E-state index is 7.18. The maximum atomic E-state index is 7.18. The fraction of sp³-hybridized carbons (Fsp3) is 0.240. The predicted molar refractivity (Wildman–Crippen MR) is 125 cm³/mol. The van der Waals surface area contributed by atoms with Crippen LogP contribution in [0.1, 0.15) is 5.56 Å². The molecule has 32 heavy (non-hydrogen) atoms. The number of hydrogen-bond acceptors (Lipinski definition) is 4. The molecule has 7 heteroatoms. The highest BCUT2D eigenvalue weighted by Crippen LogP contribution is 2.36. The first kappa shape index (κ1) is 18.8. The van der Waals surface area contributed by atoms with Crippen molar-refractivity contribution in [3.63, 3.8) is 0 Å². The molecule has 4 aromatic rings. The lowest BCUT2D eigenvalue weighted by atomic mass is 9.98. The molecular formula is C25H23N7. The summed E-state index contributed by atoms with van der Waals surface area (Å²) in [5.74, 6) is 1.56. The normalized spacial score (nSPS) is 14.7. The molecule has 2 aromatic carbocycles. The summed E-state index contributed by atoms with van der Waals surface area (Å²) in [7, 11) is 2.02. The van der Waals surface area contributed by atoms with Crippen LogP contribution in [-0.2, 0) is 6.54 Å². The lowest BCUT2D eigenvalue weighted by Gasteiger charge is -2.41. The van der Waals surface area contributed by atoms with Gasteiger partial charge < -0.3 is 14.8 Å². The first-order chi connectivity index (χ1) is 15.7. The van der Waals surface area contributed by atoms with Gasteiger partial charge in [0.25, 0.3) is 0 Å². The zero-order valence-electron chi connectivity index (χ0n) is 17.9. The summed E-state index contributed by atoms with van der Waals surface area (Å²) >= 11 is 0. The van der Waals surface area contributed by atoms with Crippen LogP contribution in [0.4, 0.5) is 11.4 Å². The third-order valence-corrected chi connectivity index (χ3v) is 6.48. The number of rotatable bonds is 4. The smallest absolute Gasteiger partial charge is 0.187 e. The summed E-state index contributed by atoms with van der Waals surface area (Å²) < 4.78 is 4.35. The van der Waals surface area contributed by atoms with Crippen LogP contribution in [0.2, 0.25) is 0 Å². The van der Waals surface area contributed by atoms with Gasteiger partial charge in [-0.3, -0.25) is 4.57 Å². The molecule has 1 saturated heterocycles. The van der Waals surface area contributed by atoms with E-state index in [2.05, 4.69) is 64.9 Å². The Morgan fingerprint density at radius 3 is 2.72 bits per heavy atom. The predicted octanol–water partition coefficient (Wildman–Crippen LogP) is 3.97. The van der Waals surface area contributed by atoms with Crippen LogP contribution in [0, 0.1) is 12.5 Å². The minimum Gasteiger partial charge on any atom is -0.371 e. The standard InChI is InChI=1S/C25H23N7/c1-26-11-17-12-30(13-17)22-7-8-23-20(9-22)15-31-14-19(18-3-5-21(27-2)6-4-18)10-24(31)25-29-28-16-32(23)25/h3-10,14,16-17,26H,11-13,15H2,1H3. The molecular weight excluding hydrogens is 398 g/mol. The van der Waals surface area contributed by atoms with E-state index >= 15 is 0 Å². The van der Waals surface area contributed by atoms with E-state index in [4.69, 9.17) is 6.57 Å². The zero-order valence-corrected chi connectivity index (χ0v) is 17.9. The second kappa shape index (κ2) is 7.36. The van der Waals surface area contributed by atoms with Crippen molar-refractivity contribution in [2.75, 3.05) is 31.6 Å². The van der Waals surface area contributed by atoms with Gasteiger partial charge in [-0.25, -0.2) is 4.85 Å². The first-order valence-corrected chi connectivity index (χ1v) is 10.8. The Morgan fingerprint density at radius 2 is 1.94 bits per heavy atom. The molecule has 6 rings (SSSR count). The molecule has 0 unspecified atom stereocenters. The maximum Gasteiger partial charge on any atom is 0.187 e. The van der Waals surface area contributed by atoms with Crippen molar-refractivity contribution in [2.24, 2.45) is 5.92 Å². The van der Waals surface area contributed by atoms with E-state index in [0.29, 0.717) is 5.69 Å². The van der Waals surface area contributed by atoms with Gasteiger partial charge >= 0.3 is 0 Å². The molecule has 0 bridgehead atoms. The van der Waals surface area contributed by atoms with Crippen molar-refractivity contribution < 1.29 is 0 Å². The highest BCUT2D eigenvalue weighted by atomic mass is 15.3. The summed E-state index contributed by atoms with van der Waals surface area (Å²) in [4.78, 5) is 5.94. The van der Waals surface area contributed by atoms with E-state index in [-0.39, 0.29) is 0 Å². The van der Waals surface area contributed by atoms with Gasteiger partial charge in [-0.1, -0.05) is 24.3 Å². The third-order valence-electron chi connectivity index (χ3n) is 6.48. The average molecular weight is 422 g/mol. The zero-order chi connectivity index (χ0) is 21.7. The minimum absolute atomic E-state index is 0.652. The number of aromatic nitrogens is 4. The van der Waals surface area contributed by atoms with E-state index < -0.39 is 0 Å². The molecule has 0 spiro atoms. The highest BCUT2D eigenvalue weighted by molar-refractivity contribution is 5.73. The highest BCUT2D eigenvalue weighted by Gasteiger charge is 2.28. The van der Waals surface area contributed by atoms with Crippen LogP contribution in [0.15, 0.2) is 61.1 Å². The molecule has 2 aliphatic rings. The van der Waals surface area contributed by atoms with Crippen LogP contribution in [-0.4, -0.2) is 46.0 Å². The van der Waals surface area contributed by atoms with Gasteiger partial charge in [-0.05, 0) is 42.4 Å². The van der Waals surface area contributed by atoms with Crippen LogP contribution in [0.5, 0.6) is 0 Å². The van der Waals surface area contributed by atoms with Crippen LogP contribution in [0.3, 0.4) is 0 Å². The summed E-state index contributed by atoms with van der Waals surface area (Å²) in [5, 5.41) is 11.9. The van der Waals surface area contributed by atoms with Crippen molar-refractivity contribution in [3.8, 4) is 28.3 Å². The average Bonchev–Trinajstić information content (AvgIpc) is 3.41. The van der Waals surface area contributed by atoms with E-state index in [9.17, 15) is 0 Å². The van der Waals surface area contributed by atoms with Crippen molar-refractivity contribution in [1.29, 1.82) is 0 Å². The van der Waals surface area contributed by atoms with Gasteiger partial charge in [-0.2, -0.15) is 0 Å².